The summed E-state index contributed by atoms with van der Waals surface area (Å²) in [5, 5.41) is 3.49. The molecule has 1 amide bonds. The van der Waals surface area contributed by atoms with Crippen LogP contribution in [0.4, 0.5) is 0 Å². The van der Waals surface area contributed by atoms with Crippen LogP contribution in [0.3, 0.4) is 0 Å². The summed E-state index contributed by atoms with van der Waals surface area (Å²) in [4.78, 5) is 24.7. The number of nitrogens with zero attached hydrogens (tertiary/aromatic N) is 1. The summed E-state index contributed by atoms with van der Waals surface area (Å²) >= 11 is 0. The van der Waals surface area contributed by atoms with Gasteiger partial charge in [0.1, 0.15) is 5.75 Å². The molecular formula is C20H20N2O3. The van der Waals surface area contributed by atoms with E-state index in [0.717, 1.165) is 22.2 Å². The maximum absolute atomic E-state index is 12.5. The minimum atomic E-state index is -0.591. The number of hydrogen-bond acceptors (Lipinski definition) is 3. The van der Waals surface area contributed by atoms with Crippen molar-refractivity contribution in [2.75, 3.05) is 13.7 Å². The Balaban J connectivity index is 1.68. The number of benzene rings is 2. The van der Waals surface area contributed by atoms with Crippen LogP contribution in [0, 0.1) is 0 Å². The fraction of sp³-hybridized carbons (Fsp3) is 0.200. The molecule has 1 heterocycles. The molecule has 0 saturated heterocycles. The quantitative estimate of drug-likeness (QED) is 0.556. The second kappa shape index (κ2) is 7.21. The fourth-order valence-corrected chi connectivity index (χ4v) is 2.95. The van der Waals surface area contributed by atoms with E-state index in [1.165, 1.54) is 0 Å². The van der Waals surface area contributed by atoms with Crippen molar-refractivity contribution in [3.8, 4) is 5.75 Å². The van der Waals surface area contributed by atoms with E-state index >= 15 is 0 Å². The molecule has 1 N–H and O–H groups in total. The molecule has 0 fully saturated rings. The fourth-order valence-electron chi connectivity index (χ4n) is 2.95. The highest BCUT2D eigenvalue weighted by molar-refractivity contribution is 6.45. The van der Waals surface area contributed by atoms with E-state index in [1.807, 2.05) is 60.1 Å². The maximum atomic E-state index is 12.5. The van der Waals surface area contributed by atoms with Crippen LogP contribution in [0.15, 0.2) is 54.7 Å². The Bertz CT molecular complexity index is 928. The molecule has 5 nitrogen and oxygen atoms in total. The molecule has 0 aliphatic rings. The van der Waals surface area contributed by atoms with Gasteiger partial charge in [-0.1, -0.05) is 36.4 Å². The van der Waals surface area contributed by atoms with Gasteiger partial charge in [-0.2, -0.15) is 0 Å². The number of carbonyl (C=O) groups excluding carboxylic acids is 2. The van der Waals surface area contributed by atoms with Crippen LogP contribution in [-0.2, 0) is 18.3 Å². The van der Waals surface area contributed by atoms with Crippen LogP contribution < -0.4 is 10.1 Å². The number of nitrogens with one attached hydrogen (secondary N) is 1. The number of Topliss-reactive ketones (excluding diaryl/α,β-unsaturated/α-hetero) is 1. The van der Waals surface area contributed by atoms with Crippen molar-refractivity contribution in [1.82, 2.24) is 9.88 Å². The van der Waals surface area contributed by atoms with Crippen LogP contribution in [0.5, 0.6) is 5.75 Å². The predicted molar refractivity (Wildman–Crippen MR) is 97.0 cm³/mol. The molecule has 5 heteroatoms. The van der Waals surface area contributed by atoms with Crippen molar-refractivity contribution in [3.63, 3.8) is 0 Å². The van der Waals surface area contributed by atoms with Crippen LogP contribution in [0.25, 0.3) is 10.9 Å². The second-order valence-corrected chi connectivity index (χ2v) is 5.82. The van der Waals surface area contributed by atoms with Gasteiger partial charge >= 0.3 is 0 Å². The van der Waals surface area contributed by atoms with Crippen LogP contribution >= 0.6 is 0 Å². The number of rotatable bonds is 6. The van der Waals surface area contributed by atoms with E-state index in [0.29, 0.717) is 18.5 Å². The lowest BCUT2D eigenvalue weighted by atomic mass is 10.1. The van der Waals surface area contributed by atoms with Crippen LogP contribution in [-0.4, -0.2) is 29.9 Å². The van der Waals surface area contributed by atoms with E-state index in [2.05, 4.69) is 5.32 Å². The topological polar surface area (TPSA) is 60.3 Å². The minimum absolute atomic E-state index is 0.371. The number of aromatic nitrogens is 1. The van der Waals surface area contributed by atoms with Gasteiger partial charge in [-0.05, 0) is 24.1 Å². The van der Waals surface area contributed by atoms with E-state index in [1.54, 1.807) is 13.3 Å². The van der Waals surface area contributed by atoms with Gasteiger partial charge in [0.2, 0.25) is 0 Å². The highest BCUT2D eigenvalue weighted by Gasteiger charge is 2.20. The summed E-state index contributed by atoms with van der Waals surface area (Å²) in [5.74, 6) is -0.333. The first kappa shape index (κ1) is 16.8. The summed E-state index contributed by atoms with van der Waals surface area (Å²) in [6.07, 6.45) is 2.30. The molecule has 2 aromatic carbocycles. The number of carbonyl (C=O) groups is 2. The summed E-state index contributed by atoms with van der Waals surface area (Å²) in [6, 6.07) is 15.2. The Hall–Kier alpha value is -3.08. The highest BCUT2D eigenvalue weighted by Crippen LogP contribution is 2.21. The monoisotopic (exact) mass is 336 g/mol. The number of hydrogen-bond donors (Lipinski definition) is 1. The average Bonchev–Trinajstić information content (AvgIpc) is 2.98. The molecule has 0 bridgehead atoms. The standard InChI is InChI=1S/C20H20N2O3/c1-22-13-16(15-8-4-5-9-17(15)22)19(23)20(24)21-12-11-14-7-3-6-10-18(14)25-2/h3-10,13H,11-12H2,1-2H3,(H,21,24). The Morgan fingerprint density at radius 2 is 1.80 bits per heavy atom. The van der Waals surface area contributed by atoms with Crippen LogP contribution in [0.1, 0.15) is 15.9 Å². The lowest BCUT2D eigenvalue weighted by Gasteiger charge is -2.08. The number of ether oxygens (including phenoxy) is 1. The van der Waals surface area contributed by atoms with Crippen molar-refractivity contribution in [2.45, 2.75) is 6.42 Å². The van der Waals surface area contributed by atoms with Gasteiger partial charge in [0, 0.05) is 30.7 Å². The average molecular weight is 336 g/mol. The molecule has 0 aliphatic heterocycles. The number of ketones is 1. The first-order valence-corrected chi connectivity index (χ1v) is 8.10. The first-order chi connectivity index (χ1) is 12.1. The third-order valence-corrected chi connectivity index (χ3v) is 4.22. The zero-order chi connectivity index (χ0) is 17.8. The molecule has 1 aromatic heterocycles. The van der Waals surface area contributed by atoms with E-state index in [-0.39, 0.29) is 0 Å². The van der Waals surface area contributed by atoms with Crippen LogP contribution in [0.2, 0.25) is 0 Å². The lowest BCUT2D eigenvalue weighted by molar-refractivity contribution is -0.116. The zero-order valence-electron chi connectivity index (χ0n) is 14.3. The van der Waals surface area contributed by atoms with Crippen molar-refractivity contribution in [3.05, 3.63) is 65.9 Å². The molecule has 3 rings (SSSR count). The molecule has 25 heavy (non-hydrogen) atoms. The minimum Gasteiger partial charge on any atom is -0.496 e. The van der Waals surface area contributed by atoms with Crippen molar-refractivity contribution < 1.29 is 14.3 Å². The summed E-state index contributed by atoms with van der Waals surface area (Å²) < 4.78 is 7.14. The highest BCUT2D eigenvalue weighted by atomic mass is 16.5. The van der Waals surface area contributed by atoms with Gasteiger partial charge in [-0.3, -0.25) is 9.59 Å². The normalized spacial score (nSPS) is 10.6. The van der Waals surface area contributed by atoms with E-state index in [4.69, 9.17) is 4.74 Å². The van der Waals surface area contributed by atoms with Gasteiger partial charge < -0.3 is 14.6 Å². The van der Waals surface area contributed by atoms with Gasteiger partial charge in [0.25, 0.3) is 11.7 Å². The predicted octanol–water partition coefficient (Wildman–Crippen LogP) is 2.73. The molecule has 0 saturated carbocycles. The van der Waals surface area contributed by atoms with Gasteiger partial charge in [-0.15, -0.1) is 0 Å². The zero-order valence-corrected chi connectivity index (χ0v) is 14.3. The molecule has 128 valence electrons. The van der Waals surface area contributed by atoms with Gasteiger partial charge in [0.05, 0.1) is 12.7 Å². The smallest absolute Gasteiger partial charge is 0.292 e. The Morgan fingerprint density at radius 1 is 1.08 bits per heavy atom. The number of fused-ring (bicyclic) bond motifs is 1. The van der Waals surface area contributed by atoms with E-state index in [9.17, 15) is 9.59 Å². The van der Waals surface area contributed by atoms with Gasteiger partial charge in [0.15, 0.2) is 0 Å². The molecule has 3 aromatic rings. The maximum Gasteiger partial charge on any atom is 0.292 e. The molecular weight excluding hydrogens is 316 g/mol. The Morgan fingerprint density at radius 3 is 2.60 bits per heavy atom. The molecule has 0 aliphatic carbocycles. The Labute approximate surface area is 146 Å². The van der Waals surface area contributed by atoms with Crippen molar-refractivity contribution in [2.24, 2.45) is 7.05 Å². The second-order valence-electron chi connectivity index (χ2n) is 5.82. The van der Waals surface area contributed by atoms with Gasteiger partial charge in [-0.25, -0.2) is 0 Å². The first-order valence-electron chi connectivity index (χ1n) is 8.10. The number of methoxy groups -OCH3 is 1. The Kier molecular flexibility index (Phi) is 4.84. The SMILES string of the molecule is COc1ccccc1CCNC(=O)C(=O)c1cn(C)c2ccccc12. The summed E-state index contributed by atoms with van der Waals surface area (Å²) in [6.45, 7) is 0.371. The number of amides is 1. The third-order valence-electron chi connectivity index (χ3n) is 4.22. The molecule has 0 spiro atoms. The van der Waals surface area contributed by atoms with E-state index < -0.39 is 11.7 Å². The third kappa shape index (κ3) is 3.40. The number of para-hydroxylation sites is 2. The lowest BCUT2D eigenvalue weighted by Crippen LogP contribution is -2.32. The summed E-state index contributed by atoms with van der Waals surface area (Å²) in [5.41, 5.74) is 2.34. The largest absolute Gasteiger partial charge is 0.496 e. The molecule has 0 unspecified atom stereocenters. The molecule has 0 radical (unpaired) electrons. The van der Waals surface area contributed by atoms with Crippen molar-refractivity contribution >= 4 is 22.6 Å². The summed E-state index contributed by atoms with van der Waals surface area (Å²) in [7, 11) is 3.47. The number of aryl methyl sites for hydroxylation is 1. The molecule has 0 atom stereocenters. The van der Waals surface area contributed by atoms with Crippen molar-refractivity contribution in [1.29, 1.82) is 0 Å².